The van der Waals surface area contributed by atoms with E-state index in [1.165, 1.54) is 6.20 Å². The Bertz CT molecular complexity index is 1010. The maximum Gasteiger partial charge on any atom is 0.409 e. The van der Waals surface area contributed by atoms with Crippen molar-refractivity contribution < 1.29 is 19.5 Å². The van der Waals surface area contributed by atoms with Crippen LogP contribution in [0.2, 0.25) is 0 Å². The first-order chi connectivity index (χ1) is 12.5. The zero-order valence-electron chi connectivity index (χ0n) is 13.9. The molecule has 0 unspecified atom stereocenters. The number of carbonyl (C=O) groups excluding carboxylic acids is 2. The highest BCUT2D eigenvalue weighted by molar-refractivity contribution is 6.40. The number of anilines is 2. The number of aromatic amines is 1. The molecule has 4 N–H and O–H groups in total. The largest absolute Gasteiger partial charge is 0.465 e. The number of carboxylic acid groups (broad SMARTS) is 1. The molecular formula is C18H16N4O4. The van der Waals surface area contributed by atoms with Crippen LogP contribution in [0.1, 0.15) is 13.3 Å². The lowest BCUT2D eigenvalue weighted by atomic mass is 10.0. The van der Waals surface area contributed by atoms with Crippen molar-refractivity contribution in [1.29, 1.82) is 0 Å². The predicted octanol–water partition coefficient (Wildman–Crippen LogP) is 3.24. The molecule has 2 amide bonds. The predicted molar refractivity (Wildman–Crippen MR) is 97.1 cm³/mol. The van der Waals surface area contributed by atoms with E-state index >= 15 is 0 Å². The average Bonchev–Trinajstić information content (AvgIpc) is 3.04. The van der Waals surface area contributed by atoms with Crippen molar-refractivity contribution in [3.8, 4) is 11.1 Å². The average molecular weight is 352 g/mol. The van der Waals surface area contributed by atoms with Crippen LogP contribution in [0.4, 0.5) is 16.2 Å². The van der Waals surface area contributed by atoms with Gasteiger partial charge in [0.25, 0.3) is 5.91 Å². The number of amides is 2. The Morgan fingerprint density at radius 2 is 1.96 bits per heavy atom. The molecule has 2 heterocycles. The number of aromatic nitrogens is 2. The van der Waals surface area contributed by atoms with Gasteiger partial charge in [0, 0.05) is 29.3 Å². The summed E-state index contributed by atoms with van der Waals surface area (Å²) in [5.74, 6) is -1.14. The van der Waals surface area contributed by atoms with Gasteiger partial charge in [-0.25, -0.2) is 9.78 Å². The van der Waals surface area contributed by atoms with E-state index in [2.05, 4.69) is 20.6 Å². The molecule has 0 aliphatic carbocycles. The lowest BCUT2D eigenvalue weighted by molar-refractivity contribution is -0.134. The molecule has 3 rings (SSSR count). The molecule has 1 aromatic carbocycles. The third kappa shape index (κ3) is 3.54. The highest BCUT2D eigenvalue weighted by atomic mass is 16.4. The first kappa shape index (κ1) is 17.2. The Morgan fingerprint density at radius 1 is 1.15 bits per heavy atom. The summed E-state index contributed by atoms with van der Waals surface area (Å²) in [7, 11) is 0. The standard InChI is InChI=1S/C18H16N4O4/c1-2-15(23)17(24)21-11-5-3-4-10(6-11)14-9-20-16-13(14)7-12(8-19-16)22-18(25)26/h3-9,22H,2H2,1H3,(H,19,20)(H,21,24)(H,25,26). The molecular weight excluding hydrogens is 336 g/mol. The van der Waals surface area contributed by atoms with Gasteiger partial charge in [-0.1, -0.05) is 19.1 Å². The first-order valence-electron chi connectivity index (χ1n) is 7.89. The van der Waals surface area contributed by atoms with E-state index < -0.39 is 17.8 Å². The second-order valence-electron chi connectivity index (χ2n) is 5.56. The Labute approximate surface area is 148 Å². The number of hydrogen-bond donors (Lipinski definition) is 4. The number of Topliss-reactive ketones (excluding diaryl/α,β-unsaturated/α-hetero) is 1. The molecule has 26 heavy (non-hydrogen) atoms. The highest BCUT2D eigenvalue weighted by Crippen LogP contribution is 2.30. The summed E-state index contributed by atoms with van der Waals surface area (Å²) in [5.41, 5.74) is 3.03. The van der Waals surface area contributed by atoms with Crippen molar-refractivity contribution in [2.45, 2.75) is 13.3 Å². The number of benzene rings is 1. The van der Waals surface area contributed by atoms with Gasteiger partial charge in [0.05, 0.1) is 11.9 Å². The molecule has 2 aromatic heterocycles. The molecule has 0 radical (unpaired) electrons. The minimum absolute atomic E-state index is 0.138. The second-order valence-corrected chi connectivity index (χ2v) is 5.56. The fourth-order valence-electron chi connectivity index (χ4n) is 2.56. The Kier molecular flexibility index (Phi) is 4.66. The van der Waals surface area contributed by atoms with Gasteiger partial charge in [-0.2, -0.15) is 0 Å². The molecule has 132 valence electrons. The van der Waals surface area contributed by atoms with Crippen LogP contribution in [0.5, 0.6) is 0 Å². The Hall–Kier alpha value is -3.68. The molecule has 0 aliphatic rings. The zero-order valence-corrected chi connectivity index (χ0v) is 13.9. The van der Waals surface area contributed by atoms with E-state index in [4.69, 9.17) is 5.11 Å². The number of rotatable bonds is 5. The second kappa shape index (κ2) is 7.06. The lowest BCUT2D eigenvalue weighted by Crippen LogP contribution is -2.21. The van der Waals surface area contributed by atoms with Crippen LogP contribution >= 0.6 is 0 Å². The summed E-state index contributed by atoms with van der Waals surface area (Å²) >= 11 is 0. The monoisotopic (exact) mass is 352 g/mol. The summed E-state index contributed by atoms with van der Waals surface area (Å²) in [4.78, 5) is 41.2. The number of ketones is 1. The molecule has 0 fully saturated rings. The van der Waals surface area contributed by atoms with Gasteiger partial charge in [-0.15, -0.1) is 0 Å². The first-order valence-corrected chi connectivity index (χ1v) is 7.89. The van der Waals surface area contributed by atoms with Crippen molar-refractivity contribution in [3.63, 3.8) is 0 Å². The topological polar surface area (TPSA) is 124 Å². The van der Waals surface area contributed by atoms with Gasteiger partial charge in [-0.05, 0) is 23.8 Å². The third-order valence-electron chi connectivity index (χ3n) is 3.79. The van der Waals surface area contributed by atoms with Gasteiger partial charge < -0.3 is 15.4 Å². The summed E-state index contributed by atoms with van der Waals surface area (Å²) in [6.45, 7) is 1.63. The smallest absolute Gasteiger partial charge is 0.409 e. The van der Waals surface area contributed by atoms with Crippen molar-refractivity contribution in [2.75, 3.05) is 10.6 Å². The number of hydrogen-bond acceptors (Lipinski definition) is 4. The number of nitrogens with one attached hydrogen (secondary N) is 3. The summed E-state index contributed by atoms with van der Waals surface area (Å²) in [6.07, 6.45) is 2.14. The van der Waals surface area contributed by atoms with Crippen LogP contribution in [0, 0.1) is 0 Å². The van der Waals surface area contributed by atoms with Crippen LogP contribution in [0.25, 0.3) is 22.2 Å². The van der Waals surface area contributed by atoms with E-state index in [0.29, 0.717) is 17.0 Å². The highest BCUT2D eigenvalue weighted by Gasteiger charge is 2.13. The minimum atomic E-state index is -1.17. The third-order valence-corrected chi connectivity index (χ3v) is 3.79. The minimum Gasteiger partial charge on any atom is -0.465 e. The van der Waals surface area contributed by atoms with Crippen molar-refractivity contribution in [1.82, 2.24) is 9.97 Å². The van der Waals surface area contributed by atoms with Crippen LogP contribution in [-0.2, 0) is 9.59 Å². The van der Waals surface area contributed by atoms with Crippen molar-refractivity contribution in [2.24, 2.45) is 0 Å². The van der Waals surface area contributed by atoms with Crippen LogP contribution < -0.4 is 10.6 Å². The van der Waals surface area contributed by atoms with Gasteiger partial charge in [0.1, 0.15) is 5.65 Å². The maximum absolute atomic E-state index is 11.8. The van der Waals surface area contributed by atoms with E-state index in [0.717, 1.165) is 16.5 Å². The van der Waals surface area contributed by atoms with E-state index in [1.807, 2.05) is 6.07 Å². The molecule has 0 atom stereocenters. The van der Waals surface area contributed by atoms with E-state index in [-0.39, 0.29) is 6.42 Å². The Balaban J connectivity index is 1.96. The van der Waals surface area contributed by atoms with Gasteiger partial charge >= 0.3 is 6.09 Å². The molecule has 0 saturated carbocycles. The molecule has 0 aliphatic heterocycles. The number of fused-ring (bicyclic) bond motifs is 1. The van der Waals surface area contributed by atoms with Crippen LogP contribution in [-0.4, -0.2) is 32.9 Å². The fraction of sp³-hybridized carbons (Fsp3) is 0.111. The molecule has 8 nitrogen and oxygen atoms in total. The number of carbonyl (C=O) groups is 3. The quantitative estimate of drug-likeness (QED) is 0.525. The molecule has 0 spiro atoms. The van der Waals surface area contributed by atoms with Crippen LogP contribution in [0.3, 0.4) is 0 Å². The normalized spacial score (nSPS) is 10.5. The molecule has 0 bridgehead atoms. The van der Waals surface area contributed by atoms with E-state index in [1.54, 1.807) is 37.4 Å². The molecule has 8 heteroatoms. The maximum atomic E-state index is 11.8. The van der Waals surface area contributed by atoms with Gasteiger partial charge in [0.15, 0.2) is 0 Å². The number of H-pyrrole nitrogens is 1. The lowest BCUT2D eigenvalue weighted by Gasteiger charge is -2.07. The fourth-order valence-corrected chi connectivity index (χ4v) is 2.56. The van der Waals surface area contributed by atoms with Crippen molar-refractivity contribution in [3.05, 3.63) is 42.7 Å². The summed E-state index contributed by atoms with van der Waals surface area (Å²) < 4.78 is 0. The summed E-state index contributed by atoms with van der Waals surface area (Å²) in [5, 5.41) is 14.4. The van der Waals surface area contributed by atoms with Gasteiger partial charge in [-0.3, -0.25) is 14.9 Å². The number of nitrogens with zero attached hydrogens (tertiary/aromatic N) is 1. The zero-order chi connectivity index (χ0) is 18.7. The molecule has 0 saturated heterocycles. The van der Waals surface area contributed by atoms with Crippen LogP contribution in [0.15, 0.2) is 42.7 Å². The van der Waals surface area contributed by atoms with Gasteiger partial charge in [0.2, 0.25) is 5.78 Å². The SMILES string of the molecule is CCC(=O)C(=O)Nc1cccc(-c2c[nH]c3ncc(NC(=O)O)cc23)c1. The number of pyridine rings is 1. The Morgan fingerprint density at radius 3 is 2.69 bits per heavy atom. The van der Waals surface area contributed by atoms with Crippen molar-refractivity contribution >= 4 is 40.2 Å². The van der Waals surface area contributed by atoms with E-state index in [9.17, 15) is 14.4 Å². The molecule has 3 aromatic rings. The summed E-state index contributed by atoms with van der Waals surface area (Å²) in [6, 6.07) is 8.70.